The number of para-hydroxylation sites is 1. The molecule has 130 valence electrons. The van der Waals surface area contributed by atoms with Crippen LogP contribution in [0.5, 0.6) is 0 Å². The van der Waals surface area contributed by atoms with Crippen molar-refractivity contribution in [2.45, 2.75) is 46.0 Å². The summed E-state index contributed by atoms with van der Waals surface area (Å²) in [7, 11) is 0. The number of benzene rings is 1. The van der Waals surface area contributed by atoms with Gasteiger partial charge in [0, 0.05) is 23.3 Å². The average Bonchev–Trinajstić information content (AvgIpc) is 2.62. The van der Waals surface area contributed by atoms with Gasteiger partial charge in [0.1, 0.15) is 0 Å². The van der Waals surface area contributed by atoms with Gasteiger partial charge in [0.15, 0.2) is 0 Å². The van der Waals surface area contributed by atoms with Crippen LogP contribution in [0.25, 0.3) is 10.9 Å². The van der Waals surface area contributed by atoms with Crippen molar-refractivity contribution in [1.82, 2.24) is 9.88 Å². The number of nitrogens with one attached hydrogen (secondary N) is 1. The maximum absolute atomic E-state index is 6.42. The topological polar surface area (TPSA) is 28.2 Å². The molecular formula is C20H28ClN3. The SMILES string of the molecule is CCN(CC)CCCNc1c2c(nc3c(Cl)cccc13)CCCC2. The fraction of sp³-hybridized carbons (Fsp3) is 0.550. The number of hydrogen-bond acceptors (Lipinski definition) is 3. The second-order valence-electron chi connectivity index (χ2n) is 6.56. The summed E-state index contributed by atoms with van der Waals surface area (Å²) in [5.74, 6) is 0. The molecule has 0 fully saturated rings. The van der Waals surface area contributed by atoms with Crippen LogP contribution in [0.1, 0.15) is 44.4 Å². The van der Waals surface area contributed by atoms with Crippen LogP contribution in [-0.4, -0.2) is 36.1 Å². The molecule has 0 saturated heterocycles. The minimum Gasteiger partial charge on any atom is -0.384 e. The number of anilines is 1. The number of aryl methyl sites for hydroxylation is 1. The summed E-state index contributed by atoms with van der Waals surface area (Å²) < 4.78 is 0. The lowest BCUT2D eigenvalue weighted by Gasteiger charge is -2.23. The molecule has 1 aliphatic rings. The molecule has 0 bridgehead atoms. The Bertz CT molecular complexity index is 695. The molecule has 1 heterocycles. The molecule has 2 aromatic rings. The number of pyridine rings is 1. The summed E-state index contributed by atoms with van der Waals surface area (Å²) in [5, 5.41) is 5.65. The van der Waals surface area contributed by atoms with Crippen LogP contribution in [0.15, 0.2) is 18.2 Å². The van der Waals surface area contributed by atoms with E-state index in [-0.39, 0.29) is 0 Å². The molecule has 1 N–H and O–H groups in total. The molecule has 3 rings (SSSR count). The summed E-state index contributed by atoms with van der Waals surface area (Å²) in [6, 6.07) is 6.12. The van der Waals surface area contributed by atoms with E-state index in [1.807, 2.05) is 12.1 Å². The van der Waals surface area contributed by atoms with E-state index in [9.17, 15) is 0 Å². The predicted molar refractivity (Wildman–Crippen MR) is 104 cm³/mol. The third-order valence-electron chi connectivity index (χ3n) is 5.09. The second-order valence-corrected chi connectivity index (χ2v) is 6.97. The Kier molecular flexibility index (Phi) is 5.96. The lowest BCUT2D eigenvalue weighted by atomic mass is 9.92. The molecule has 0 radical (unpaired) electrons. The Morgan fingerprint density at radius 3 is 2.75 bits per heavy atom. The van der Waals surface area contributed by atoms with Crippen molar-refractivity contribution in [3.8, 4) is 0 Å². The number of halogens is 1. The second kappa shape index (κ2) is 8.17. The van der Waals surface area contributed by atoms with E-state index in [0.717, 1.165) is 56.0 Å². The number of fused-ring (bicyclic) bond motifs is 2. The molecule has 1 aliphatic carbocycles. The van der Waals surface area contributed by atoms with E-state index in [2.05, 4.69) is 30.1 Å². The minimum absolute atomic E-state index is 0.757. The number of aromatic nitrogens is 1. The van der Waals surface area contributed by atoms with Gasteiger partial charge >= 0.3 is 0 Å². The number of rotatable bonds is 7. The molecule has 0 atom stereocenters. The molecule has 0 spiro atoms. The molecule has 4 heteroatoms. The summed E-state index contributed by atoms with van der Waals surface area (Å²) in [6.45, 7) is 8.84. The first-order valence-electron chi connectivity index (χ1n) is 9.30. The third kappa shape index (κ3) is 3.68. The fourth-order valence-corrected chi connectivity index (χ4v) is 3.88. The normalized spacial score (nSPS) is 14.2. The van der Waals surface area contributed by atoms with Crippen LogP contribution in [0.2, 0.25) is 5.02 Å². The first-order valence-corrected chi connectivity index (χ1v) is 9.68. The molecule has 1 aromatic heterocycles. The number of hydrogen-bond donors (Lipinski definition) is 1. The van der Waals surface area contributed by atoms with Crippen molar-refractivity contribution in [2.75, 3.05) is 31.5 Å². The largest absolute Gasteiger partial charge is 0.384 e. The monoisotopic (exact) mass is 345 g/mol. The van der Waals surface area contributed by atoms with Gasteiger partial charge in [-0.15, -0.1) is 0 Å². The van der Waals surface area contributed by atoms with Gasteiger partial charge in [-0.1, -0.05) is 37.6 Å². The Morgan fingerprint density at radius 1 is 1.17 bits per heavy atom. The van der Waals surface area contributed by atoms with Crippen LogP contribution in [0, 0.1) is 0 Å². The van der Waals surface area contributed by atoms with Gasteiger partial charge < -0.3 is 10.2 Å². The summed E-state index contributed by atoms with van der Waals surface area (Å²) in [4.78, 5) is 7.35. The van der Waals surface area contributed by atoms with Gasteiger partial charge in [0.2, 0.25) is 0 Å². The highest BCUT2D eigenvalue weighted by molar-refractivity contribution is 6.35. The van der Waals surface area contributed by atoms with Gasteiger partial charge in [-0.25, -0.2) is 0 Å². The van der Waals surface area contributed by atoms with Crippen LogP contribution < -0.4 is 5.32 Å². The molecular weight excluding hydrogens is 318 g/mol. The minimum atomic E-state index is 0.757. The van der Waals surface area contributed by atoms with Crippen LogP contribution >= 0.6 is 11.6 Å². The summed E-state index contributed by atoms with van der Waals surface area (Å²) in [6.07, 6.45) is 5.85. The quantitative estimate of drug-likeness (QED) is 0.722. The van der Waals surface area contributed by atoms with Crippen molar-refractivity contribution in [1.29, 1.82) is 0 Å². The summed E-state index contributed by atoms with van der Waals surface area (Å²) in [5.41, 5.74) is 4.88. The standard InChI is InChI=1S/C20H28ClN3/c1-3-24(4-2)14-8-13-22-19-15-9-5-6-12-18(15)23-20-16(19)10-7-11-17(20)21/h7,10-11H,3-6,8-9,12-14H2,1-2H3,(H,22,23). The summed E-state index contributed by atoms with van der Waals surface area (Å²) >= 11 is 6.42. The van der Waals surface area contributed by atoms with Gasteiger partial charge in [-0.3, -0.25) is 4.98 Å². The molecule has 0 saturated carbocycles. The van der Waals surface area contributed by atoms with Gasteiger partial charge in [-0.2, -0.15) is 0 Å². The molecule has 3 nitrogen and oxygen atoms in total. The van der Waals surface area contributed by atoms with Crippen molar-refractivity contribution < 1.29 is 0 Å². The van der Waals surface area contributed by atoms with Crippen molar-refractivity contribution in [3.63, 3.8) is 0 Å². The lowest BCUT2D eigenvalue weighted by molar-refractivity contribution is 0.303. The van der Waals surface area contributed by atoms with Gasteiger partial charge in [0.25, 0.3) is 0 Å². The molecule has 0 aliphatic heterocycles. The lowest BCUT2D eigenvalue weighted by Crippen LogP contribution is -2.25. The Hall–Kier alpha value is -1.32. The number of nitrogens with zero attached hydrogens (tertiary/aromatic N) is 2. The Balaban J connectivity index is 1.84. The van der Waals surface area contributed by atoms with Crippen molar-refractivity contribution in [2.24, 2.45) is 0 Å². The molecule has 0 unspecified atom stereocenters. The van der Waals surface area contributed by atoms with Crippen LogP contribution in [-0.2, 0) is 12.8 Å². The highest BCUT2D eigenvalue weighted by atomic mass is 35.5. The van der Waals surface area contributed by atoms with Crippen molar-refractivity contribution >= 4 is 28.2 Å². The fourth-order valence-electron chi connectivity index (χ4n) is 3.67. The maximum Gasteiger partial charge on any atom is 0.0912 e. The molecule has 24 heavy (non-hydrogen) atoms. The zero-order valence-electron chi connectivity index (χ0n) is 14.9. The Morgan fingerprint density at radius 2 is 1.96 bits per heavy atom. The van der Waals surface area contributed by atoms with E-state index >= 15 is 0 Å². The Labute approximate surface area is 150 Å². The van der Waals surface area contributed by atoms with Crippen LogP contribution in [0.3, 0.4) is 0 Å². The zero-order chi connectivity index (χ0) is 16.9. The zero-order valence-corrected chi connectivity index (χ0v) is 15.6. The predicted octanol–water partition coefficient (Wildman–Crippen LogP) is 4.91. The first kappa shape index (κ1) is 17.5. The smallest absolute Gasteiger partial charge is 0.0912 e. The molecule has 1 aromatic carbocycles. The van der Waals surface area contributed by atoms with Gasteiger partial charge in [-0.05, 0) is 63.4 Å². The van der Waals surface area contributed by atoms with E-state index in [1.54, 1.807) is 0 Å². The molecule has 0 amide bonds. The third-order valence-corrected chi connectivity index (χ3v) is 5.40. The highest BCUT2D eigenvalue weighted by Crippen LogP contribution is 2.35. The first-order chi connectivity index (χ1) is 11.7. The van der Waals surface area contributed by atoms with Crippen LogP contribution in [0.4, 0.5) is 5.69 Å². The van der Waals surface area contributed by atoms with E-state index in [0.29, 0.717) is 0 Å². The van der Waals surface area contributed by atoms with Crippen molar-refractivity contribution in [3.05, 3.63) is 34.5 Å². The van der Waals surface area contributed by atoms with E-state index < -0.39 is 0 Å². The van der Waals surface area contributed by atoms with E-state index in [4.69, 9.17) is 16.6 Å². The maximum atomic E-state index is 6.42. The van der Waals surface area contributed by atoms with E-state index in [1.165, 1.54) is 35.2 Å². The average molecular weight is 346 g/mol. The van der Waals surface area contributed by atoms with Gasteiger partial charge in [0.05, 0.1) is 10.5 Å². The highest BCUT2D eigenvalue weighted by Gasteiger charge is 2.19.